The number of carbonyl (C=O) groups is 4. The van der Waals surface area contributed by atoms with Crippen molar-refractivity contribution in [3.63, 3.8) is 0 Å². The summed E-state index contributed by atoms with van der Waals surface area (Å²) in [7, 11) is 3.16. The number of nitrogens with one attached hydrogen (secondary N) is 1. The third kappa shape index (κ3) is 6.35. The third-order valence-electron chi connectivity index (χ3n) is 12.6. The highest BCUT2D eigenvalue weighted by molar-refractivity contribution is 6.30. The summed E-state index contributed by atoms with van der Waals surface area (Å²) in [5, 5.41) is 12.7. The Morgan fingerprint density at radius 1 is 0.820 bits per heavy atom. The fraction of sp³-hybridized carbons (Fsp3) is 0.208. The zero-order valence-electron chi connectivity index (χ0n) is 32.9. The van der Waals surface area contributed by atoms with Crippen molar-refractivity contribution in [1.29, 1.82) is 0 Å². The number of hydrazine groups is 1. The number of para-hydroxylation sites is 1. The van der Waals surface area contributed by atoms with Gasteiger partial charge in [0.1, 0.15) is 17.3 Å². The lowest BCUT2D eigenvalue weighted by molar-refractivity contribution is -0.138. The molecule has 0 unspecified atom stereocenters. The SMILES string of the molecule is COc1ccc(OC)c(C=Cc2ccc(N3C(=O)[C@H]4[C@H](CC=C5[C@H]4C[C@H]4C(=O)N(Nc6ccc(F)cc6)C(=O)[C@@]4(c4ccc(Cl)cc4)[C@H]5c4cccc(F)c4O)C3=O)cc2)c1. The largest absolute Gasteiger partial charge is 0.505 e. The number of nitrogens with zero attached hydrogens (tertiary/aromatic N) is 2. The number of aromatic hydroxyl groups is 1. The van der Waals surface area contributed by atoms with Gasteiger partial charge in [0, 0.05) is 22.1 Å². The normalized spacial score (nSPS) is 24.4. The molecule has 4 amide bonds. The van der Waals surface area contributed by atoms with Crippen molar-refractivity contribution in [3.05, 3.63) is 160 Å². The molecular weight excluding hydrogens is 804 g/mol. The van der Waals surface area contributed by atoms with Crippen LogP contribution in [0.4, 0.5) is 20.2 Å². The molecular formula is C48H38ClF2N3O7. The first-order chi connectivity index (χ1) is 29.5. The summed E-state index contributed by atoms with van der Waals surface area (Å²) in [5.41, 5.74) is 4.26. The lowest BCUT2D eigenvalue weighted by Gasteiger charge is -2.50. The van der Waals surface area contributed by atoms with Crippen molar-refractivity contribution in [2.75, 3.05) is 24.5 Å². The van der Waals surface area contributed by atoms with E-state index in [1.165, 1.54) is 41.3 Å². The smallest absolute Gasteiger partial charge is 0.260 e. The molecule has 0 bridgehead atoms. The number of rotatable bonds is 9. The van der Waals surface area contributed by atoms with E-state index in [-0.39, 0.29) is 24.1 Å². The zero-order chi connectivity index (χ0) is 42.7. The summed E-state index contributed by atoms with van der Waals surface area (Å²) in [6, 6.07) is 28.0. The van der Waals surface area contributed by atoms with Gasteiger partial charge in [-0.2, -0.15) is 5.01 Å². The second-order valence-electron chi connectivity index (χ2n) is 15.6. The molecule has 1 saturated carbocycles. The number of hydrogen-bond acceptors (Lipinski definition) is 8. The Hall–Kier alpha value is -6.79. The molecule has 308 valence electrons. The van der Waals surface area contributed by atoms with Crippen molar-refractivity contribution >= 4 is 58.8 Å². The molecule has 2 aliphatic carbocycles. The van der Waals surface area contributed by atoms with Crippen molar-refractivity contribution in [3.8, 4) is 17.2 Å². The van der Waals surface area contributed by atoms with Crippen LogP contribution in [0.2, 0.25) is 5.02 Å². The zero-order valence-corrected chi connectivity index (χ0v) is 33.6. The van der Waals surface area contributed by atoms with Crippen LogP contribution < -0.4 is 19.8 Å². The fourth-order valence-corrected chi connectivity index (χ4v) is 10.0. The van der Waals surface area contributed by atoms with E-state index in [0.717, 1.165) is 22.2 Å². The van der Waals surface area contributed by atoms with Gasteiger partial charge < -0.3 is 14.6 Å². The van der Waals surface area contributed by atoms with Crippen LogP contribution in [-0.4, -0.2) is 48.0 Å². The molecule has 0 radical (unpaired) electrons. The van der Waals surface area contributed by atoms with E-state index in [9.17, 15) is 23.9 Å². The van der Waals surface area contributed by atoms with Gasteiger partial charge in [-0.05, 0) is 103 Å². The molecule has 2 saturated heterocycles. The maximum atomic E-state index is 15.4. The number of hydrogen-bond donors (Lipinski definition) is 2. The third-order valence-corrected chi connectivity index (χ3v) is 12.9. The molecule has 9 rings (SSSR count). The average molecular weight is 842 g/mol. The van der Waals surface area contributed by atoms with Crippen LogP contribution in [0.15, 0.2) is 121 Å². The maximum absolute atomic E-state index is 15.4. The molecule has 2 N–H and O–H groups in total. The van der Waals surface area contributed by atoms with E-state index >= 15 is 9.18 Å². The number of imide groups is 2. The molecule has 13 heteroatoms. The molecule has 2 aliphatic heterocycles. The molecule has 2 heterocycles. The standard InChI is InChI=1S/C48H38ClF2N3O7/c1-60-33-20-23-40(61-2)27(24-33)9-6-26-7-18-32(19-8-26)53-44(56)35-22-21-34-37(41(35)46(53)58)25-38-45(57)54(52-31-16-14-30(50)15-17-31)47(59)48(38,28-10-12-29(49)13-11-28)42(34)36-4-3-5-39(51)43(36)55/h3-21,23-24,35,37-38,41-42,52,55H,22,25H2,1-2H3/t35-,37+,38-,41-,42+,48+/m0/s1. The Balaban J connectivity index is 1.12. The van der Waals surface area contributed by atoms with Gasteiger partial charge >= 0.3 is 0 Å². The van der Waals surface area contributed by atoms with Crippen molar-refractivity contribution in [2.24, 2.45) is 23.7 Å². The average Bonchev–Trinajstić information content (AvgIpc) is 3.65. The highest BCUT2D eigenvalue weighted by Crippen LogP contribution is 2.65. The molecule has 0 aromatic heterocycles. The molecule has 0 spiro atoms. The van der Waals surface area contributed by atoms with E-state index in [1.54, 1.807) is 74.9 Å². The number of ether oxygens (including phenoxy) is 2. The molecule has 3 fully saturated rings. The number of halogens is 3. The van der Waals surface area contributed by atoms with Gasteiger partial charge in [-0.3, -0.25) is 29.5 Å². The number of methoxy groups -OCH3 is 2. The van der Waals surface area contributed by atoms with Crippen LogP contribution in [0.3, 0.4) is 0 Å². The van der Waals surface area contributed by atoms with Crippen LogP contribution in [0.5, 0.6) is 17.2 Å². The molecule has 10 nitrogen and oxygen atoms in total. The van der Waals surface area contributed by atoms with Gasteiger partial charge in [0.25, 0.3) is 11.8 Å². The monoisotopic (exact) mass is 841 g/mol. The minimum absolute atomic E-state index is 0.0291. The molecule has 5 aromatic rings. The van der Waals surface area contributed by atoms with Crippen molar-refractivity contribution < 1.29 is 42.5 Å². The second-order valence-corrected chi connectivity index (χ2v) is 16.0. The van der Waals surface area contributed by atoms with Crippen molar-refractivity contribution in [2.45, 2.75) is 24.2 Å². The van der Waals surface area contributed by atoms with E-state index in [1.807, 2.05) is 24.3 Å². The number of carbonyl (C=O) groups excluding carboxylic acids is 4. The summed E-state index contributed by atoms with van der Waals surface area (Å²) < 4.78 is 40.2. The number of fused-ring (bicyclic) bond motifs is 4. The van der Waals surface area contributed by atoms with E-state index < -0.39 is 76.0 Å². The summed E-state index contributed by atoms with van der Waals surface area (Å²) in [5.74, 6) is -7.87. The van der Waals surface area contributed by atoms with Crippen LogP contribution in [0.25, 0.3) is 12.2 Å². The van der Waals surface area contributed by atoms with Crippen LogP contribution in [0, 0.1) is 35.3 Å². The quantitative estimate of drug-likeness (QED) is 0.0859. The van der Waals surface area contributed by atoms with E-state index in [0.29, 0.717) is 33.3 Å². The number of amides is 4. The van der Waals surface area contributed by atoms with E-state index in [2.05, 4.69) is 5.43 Å². The Kier molecular flexibility index (Phi) is 9.98. The fourth-order valence-electron chi connectivity index (χ4n) is 9.91. The molecule has 6 atom stereocenters. The van der Waals surface area contributed by atoms with Gasteiger partial charge in [-0.15, -0.1) is 0 Å². The van der Waals surface area contributed by atoms with Crippen LogP contribution in [0.1, 0.15) is 41.0 Å². The topological polar surface area (TPSA) is 125 Å². The number of allylic oxidation sites excluding steroid dienone is 2. The number of anilines is 2. The van der Waals surface area contributed by atoms with Crippen LogP contribution >= 0.6 is 11.6 Å². The predicted molar refractivity (Wildman–Crippen MR) is 224 cm³/mol. The van der Waals surface area contributed by atoms with Gasteiger partial charge in [0.15, 0.2) is 11.6 Å². The highest BCUT2D eigenvalue weighted by Gasteiger charge is 2.70. The number of phenols is 1. The second kappa shape index (κ2) is 15.3. The lowest BCUT2D eigenvalue weighted by Crippen LogP contribution is -2.53. The van der Waals surface area contributed by atoms with Gasteiger partial charge in [-0.25, -0.2) is 8.78 Å². The number of phenolic OH excluding ortho intramolecular Hbond substituents is 1. The number of benzene rings is 5. The summed E-state index contributed by atoms with van der Waals surface area (Å²) in [6.07, 6.45) is 5.65. The Morgan fingerprint density at radius 3 is 2.26 bits per heavy atom. The summed E-state index contributed by atoms with van der Waals surface area (Å²) in [4.78, 5) is 60.4. The Morgan fingerprint density at radius 2 is 1.56 bits per heavy atom. The Labute approximate surface area is 354 Å². The predicted octanol–water partition coefficient (Wildman–Crippen LogP) is 8.70. The van der Waals surface area contributed by atoms with Crippen LogP contribution in [-0.2, 0) is 24.6 Å². The van der Waals surface area contributed by atoms with Gasteiger partial charge in [-0.1, -0.05) is 71.8 Å². The minimum Gasteiger partial charge on any atom is -0.505 e. The molecule has 61 heavy (non-hydrogen) atoms. The van der Waals surface area contributed by atoms with Crippen molar-refractivity contribution in [1.82, 2.24) is 5.01 Å². The van der Waals surface area contributed by atoms with Gasteiger partial charge in [0.05, 0.1) is 48.8 Å². The highest BCUT2D eigenvalue weighted by atomic mass is 35.5. The summed E-state index contributed by atoms with van der Waals surface area (Å²) >= 11 is 6.35. The molecule has 4 aliphatic rings. The first-order valence-electron chi connectivity index (χ1n) is 19.7. The first kappa shape index (κ1) is 39.7. The summed E-state index contributed by atoms with van der Waals surface area (Å²) in [6.45, 7) is 0. The van der Waals surface area contributed by atoms with E-state index in [4.69, 9.17) is 21.1 Å². The minimum atomic E-state index is -1.78. The maximum Gasteiger partial charge on any atom is 0.260 e. The van der Waals surface area contributed by atoms with Gasteiger partial charge in [0.2, 0.25) is 11.8 Å². The first-order valence-corrected chi connectivity index (χ1v) is 20.1. The Bertz CT molecular complexity index is 2670. The molecule has 5 aromatic carbocycles. The lowest BCUT2D eigenvalue weighted by atomic mass is 9.49.